The molecule has 2 aromatic carbocycles. The summed E-state index contributed by atoms with van der Waals surface area (Å²) in [5.41, 5.74) is 1.76. The third-order valence-corrected chi connectivity index (χ3v) is 3.70. The van der Waals surface area contributed by atoms with Crippen LogP contribution in [0.25, 0.3) is 0 Å². The summed E-state index contributed by atoms with van der Waals surface area (Å²) < 4.78 is 5.42. The highest BCUT2D eigenvalue weighted by atomic mass is 16.5. The normalized spacial score (nSPS) is 10.1. The van der Waals surface area contributed by atoms with E-state index >= 15 is 0 Å². The van der Waals surface area contributed by atoms with Crippen LogP contribution in [0.5, 0.6) is 5.75 Å². The van der Waals surface area contributed by atoms with E-state index in [1.807, 2.05) is 13.0 Å². The molecule has 7 nitrogen and oxygen atoms in total. The molecule has 0 aromatic heterocycles. The molecule has 2 rings (SSSR count). The van der Waals surface area contributed by atoms with Gasteiger partial charge >= 0.3 is 5.97 Å². The number of hydrogen-bond donors (Lipinski definition) is 3. The number of rotatable bonds is 9. The molecule has 0 radical (unpaired) electrons. The maximum Gasteiger partial charge on any atom is 0.335 e. The number of carboxylic acids is 1. The van der Waals surface area contributed by atoms with E-state index in [0.29, 0.717) is 18.8 Å². The van der Waals surface area contributed by atoms with Gasteiger partial charge in [0.05, 0.1) is 12.0 Å². The second-order valence-electron chi connectivity index (χ2n) is 5.85. The lowest BCUT2D eigenvalue weighted by Gasteiger charge is -2.09. The first-order valence-corrected chi connectivity index (χ1v) is 8.55. The first kappa shape index (κ1) is 20.0. The van der Waals surface area contributed by atoms with Gasteiger partial charge in [0.2, 0.25) is 5.91 Å². The average molecular weight is 370 g/mol. The molecule has 142 valence electrons. The van der Waals surface area contributed by atoms with Crippen molar-refractivity contribution >= 4 is 17.8 Å². The number of aromatic carboxylic acids is 1. The van der Waals surface area contributed by atoms with Gasteiger partial charge in [0.1, 0.15) is 5.75 Å². The molecule has 0 spiro atoms. The predicted octanol–water partition coefficient (Wildman–Crippen LogP) is 1.76. The maximum atomic E-state index is 12.1. The molecule has 0 unspecified atom stereocenters. The number of amides is 2. The van der Waals surface area contributed by atoms with Gasteiger partial charge < -0.3 is 20.5 Å². The van der Waals surface area contributed by atoms with Crippen LogP contribution in [0.3, 0.4) is 0 Å². The lowest BCUT2D eigenvalue weighted by atomic mass is 10.1. The van der Waals surface area contributed by atoms with E-state index in [2.05, 4.69) is 10.6 Å². The Morgan fingerprint density at radius 2 is 1.70 bits per heavy atom. The van der Waals surface area contributed by atoms with Gasteiger partial charge in [-0.05, 0) is 42.3 Å². The van der Waals surface area contributed by atoms with E-state index in [1.165, 1.54) is 12.1 Å². The van der Waals surface area contributed by atoms with E-state index < -0.39 is 5.97 Å². The number of carbonyl (C=O) groups is 3. The molecular weight excluding hydrogens is 348 g/mol. The highest BCUT2D eigenvalue weighted by Gasteiger charge is 2.07. The van der Waals surface area contributed by atoms with Gasteiger partial charge in [-0.3, -0.25) is 9.59 Å². The molecule has 0 saturated carbocycles. The minimum absolute atomic E-state index is 0.0595. The molecule has 2 amide bonds. The molecule has 0 aliphatic rings. The van der Waals surface area contributed by atoms with Crippen molar-refractivity contribution in [2.75, 3.05) is 13.2 Å². The number of benzene rings is 2. The topological polar surface area (TPSA) is 105 Å². The van der Waals surface area contributed by atoms with Crippen molar-refractivity contribution in [2.45, 2.75) is 19.9 Å². The van der Waals surface area contributed by atoms with Gasteiger partial charge in [-0.1, -0.05) is 24.3 Å². The number of hydrogen-bond acceptors (Lipinski definition) is 4. The zero-order valence-corrected chi connectivity index (χ0v) is 15.0. The van der Waals surface area contributed by atoms with E-state index in [9.17, 15) is 14.4 Å². The van der Waals surface area contributed by atoms with Gasteiger partial charge in [0.25, 0.3) is 5.91 Å². The maximum absolute atomic E-state index is 12.1. The Balaban J connectivity index is 1.83. The number of carbonyl (C=O) groups excluding carboxylic acids is 2. The van der Waals surface area contributed by atoms with Crippen LogP contribution >= 0.6 is 0 Å². The van der Waals surface area contributed by atoms with Crippen molar-refractivity contribution in [3.8, 4) is 5.75 Å². The highest BCUT2D eigenvalue weighted by molar-refractivity contribution is 5.87. The minimum atomic E-state index is -1.000. The second-order valence-corrected chi connectivity index (χ2v) is 5.85. The average Bonchev–Trinajstić information content (AvgIpc) is 2.66. The standard InChI is InChI=1S/C20H22N2O5/c1-2-21-19(24)13-27-17-5-3-4-15(10-17)12-22-18(23)11-14-6-8-16(9-7-14)20(25)26/h3-10H,2,11-13H2,1H3,(H,21,24)(H,22,23)(H,25,26). The van der Waals surface area contributed by atoms with Crippen molar-refractivity contribution in [1.29, 1.82) is 0 Å². The van der Waals surface area contributed by atoms with E-state index in [-0.39, 0.29) is 30.4 Å². The monoisotopic (exact) mass is 370 g/mol. The summed E-state index contributed by atoms with van der Waals surface area (Å²) in [6.07, 6.45) is 0.160. The van der Waals surface area contributed by atoms with Crippen molar-refractivity contribution in [3.05, 3.63) is 65.2 Å². The van der Waals surface area contributed by atoms with E-state index in [4.69, 9.17) is 9.84 Å². The molecule has 0 fully saturated rings. The third-order valence-electron chi connectivity index (χ3n) is 3.70. The second kappa shape index (κ2) is 9.96. The third kappa shape index (κ3) is 6.81. The molecule has 0 aliphatic carbocycles. The van der Waals surface area contributed by atoms with Crippen molar-refractivity contribution in [2.24, 2.45) is 0 Å². The molecule has 0 aliphatic heterocycles. The first-order valence-electron chi connectivity index (χ1n) is 8.55. The summed E-state index contributed by atoms with van der Waals surface area (Å²) in [7, 11) is 0. The highest BCUT2D eigenvalue weighted by Crippen LogP contribution is 2.13. The minimum Gasteiger partial charge on any atom is -0.484 e. The number of nitrogens with one attached hydrogen (secondary N) is 2. The summed E-state index contributed by atoms with van der Waals surface area (Å²) in [5, 5.41) is 14.3. The summed E-state index contributed by atoms with van der Waals surface area (Å²) in [6.45, 7) is 2.65. The van der Waals surface area contributed by atoms with Crippen LogP contribution in [-0.4, -0.2) is 36.0 Å². The van der Waals surface area contributed by atoms with E-state index in [1.54, 1.807) is 30.3 Å². The van der Waals surface area contributed by atoms with E-state index in [0.717, 1.165) is 11.1 Å². The molecule has 2 aromatic rings. The van der Waals surface area contributed by atoms with Gasteiger partial charge in [0.15, 0.2) is 6.61 Å². The SMILES string of the molecule is CCNC(=O)COc1cccc(CNC(=O)Cc2ccc(C(=O)O)cc2)c1. The molecule has 0 bridgehead atoms. The molecule has 3 N–H and O–H groups in total. The Kier molecular flexibility index (Phi) is 7.37. The first-order chi connectivity index (χ1) is 13.0. The summed E-state index contributed by atoms with van der Waals surface area (Å²) >= 11 is 0. The summed E-state index contributed by atoms with van der Waals surface area (Å²) in [5.74, 6) is -0.811. The molecule has 0 heterocycles. The quantitative estimate of drug-likeness (QED) is 0.624. The fourth-order valence-electron chi connectivity index (χ4n) is 2.36. The van der Waals surface area contributed by atoms with Crippen LogP contribution in [0.1, 0.15) is 28.4 Å². The van der Waals surface area contributed by atoms with Gasteiger partial charge in [-0.25, -0.2) is 4.79 Å². The molecule has 27 heavy (non-hydrogen) atoms. The largest absolute Gasteiger partial charge is 0.484 e. The van der Waals surface area contributed by atoms with Gasteiger partial charge in [-0.15, -0.1) is 0 Å². The van der Waals surface area contributed by atoms with Crippen LogP contribution in [-0.2, 0) is 22.6 Å². The van der Waals surface area contributed by atoms with Crippen LogP contribution < -0.4 is 15.4 Å². The van der Waals surface area contributed by atoms with Crippen LogP contribution in [0.4, 0.5) is 0 Å². The zero-order valence-electron chi connectivity index (χ0n) is 15.0. The Hall–Kier alpha value is -3.35. The molecule has 0 atom stereocenters. The summed E-state index contributed by atoms with van der Waals surface area (Å²) in [6, 6.07) is 13.3. The molecule has 0 saturated heterocycles. The molecule has 7 heteroatoms. The van der Waals surface area contributed by atoms with Crippen molar-refractivity contribution in [3.63, 3.8) is 0 Å². The number of ether oxygens (including phenoxy) is 1. The fourth-order valence-corrected chi connectivity index (χ4v) is 2.36. The Morgan fingerprint density at radius 3 is 2.37 bits per heavy atom. The lowest BCUT2D eigenvalue weighted by Crippen LogP contribution is -2.28. The lowest BCUT2D eigenvalue weighted by molar-refractivity contribution is -0.123. The zero-order chi connectivity index (χ0) is 19.6. The smallest absolute Gasteiger partial charge is 0.335 e. The summed E-state index contributed by atoms with van der Waals surface area (Å²) in [4.78, 5) is 34.3. The van der Waals surface area contributed by atoms with Gasteiger partial charge in [0, 0.05) is 13.1 Å². The van der Waals surface area contributed by atoms with Crippen molar-refractivity contribution in [1.82, 2.24) is 10.6 Å². The van der Waals surface area contributed by atoms with Crippen LogP contribution in [0.15, 0.2) is 48.5 Å². The predicted molar refractivity (Wildman–Crippen MR) is 99.6 cm³/mol. The van der Waals surface area contributed by atoms with Gasteiger partial charge in [-0.2, -0.15) is 0 Å². The molecular formula is C20H22N2O5. The Bertz CT molecular complexity index is 802. The van der Waals surface area contributed by atoms with Crippen LogP contribution in [0.2, 0.25) is 0 Å². The van der Waals surface area contributed by atoms with Crippen LogP contribution in [0, 0.1) is 0 Å². The Morgan fingerprint density at radius 1 is 0.963 bits per heavy atom. The Labute approximate surface area is 157 Å². The number of likely N-dealkylation sites (N-methyl/N-ethyl adjacent to an activating group) is 1. The fraction of sp³-hybridized carbons (Fsp3) is 0.250. The number of carboxylic acid groups (broad SMARTS) is 1. The van der Waals surface area contributed by atoms with Crippen molar-refractivity contribution < 1.29 is 24.2 Å².